The second-order valence-electron chi connectivity index (χ2n) is 6.05. The van der Waals surface area contributed by atoms with Crippen molar-refractivity contribution in [2.75, 3.05) is 37.0 Å². The predicted molar refractivity (Wildman–Crippen MR) is 97.2 cm³/mol. The van der Waals surface area contributed by atoms with Crippen LogP contribution >= 0.6 is 12.4 Å². The second kappa shape index (κ2) is 9.72. The number of rotatable bonds is 5. The zero-order valence-corrected chi connectivity index (χ0v) is 14.8. The van der Waals surface area contributed by atoms with Gasteiger partial charge in [-0.15, -0.1) is 12.4 Å². The number of carbonyl (C=O) groups excluding carboxylic acids is 2. The second-order valence-corrected chi connectivity index (χ2v) is 6.05. The van der Waals surface area contributed by atoms with Gasteiger partial charge in [0.25, 0.3) is 5.91 Å². The minimum atomic E-state index is -0.352. The van der Waals surface area contributed by atoms with E-state index in [1.165, 1.54) is 0 Å². The Hall–Kier alpha value is -1.67. The number of ether oxygens (including phenoxy) is 2. The van der Waals surface area contributed by atoms with Crippen molar-refractivity contribution in [1.82, 2.24) is 5.32 Å². The van der Waals surface area contributed by atoms with E-state index in [4.69, 9.17) is 9.47 Å². The van der Waals surface area contributed by atoms with Crippen LogP contribution in [0.1, 0.15) is 19.3 Å². The van der Waals surface area contributed by atoms with E-state index in [-0.39, 0.29) is 36.4 Å². The highest BCUT2D eigenvalue weighted by molar-refractivity contribution is 5.95. The maximum atomic E-state index is 12.0. The van der Waals surface area contributed by atoms with E-state index >= 15 is 0 Å². The summed E-state index contributed by atoms with van der Waals surface area (Å²) in [5.41, 5.74) is 1.39. The standard InChI is InChI=1S/C17H23N3O4.ClH/c21-16(10-14-11-23-9-7-18-14)19-12-3-5-13(6-4-12)20-17(22)15-2-1-8-24-15;/h3-6,14-15,18H,1-2,7-11H2,(H,19,21)(H,20,22);1H. The van der Waals surface area contributed by atoms with E-state index in [2.05, 4.69) is 16.0 Å². The first-order valence-electron chi connectivity index (χ1n) is 8.34. The third kappa shape index (κ3) is 5.97. The predicted octanol–water partition coefficient (Wildman–Crippen LogP) is 1.54. The van der Waals surface area contributed by atoms with Crippen molar-refractivity contribution < 1.29 is 19.1 Å². The summed E-state index contributed by atoms with van der Waals surface area (Å²) >= 11 is 0. The fraction of sp³-hybridized carbons (Fsp3) is 0.529. The normalized spacial score (nSPS) is 22.7. The van der Waals surface area contributed by atoms with Crippen LogP contribution < -0.4 is 16.0 Å². The van der Waals surface area contributed by atoms with Gasteiger partial charge in [-0.2, -0.15) is 0 Å². The molecule has 2 aliphatic rings. The summed E-state index contributed by atoms with van der Waals surface area (Å²) in [6.45, 7) is 2.67. The largest absolute Gasteiger partial charge is 0.378 e. The third-order valence-electron chi connectivity index (χ3n) is 4.09. The molecule has 1 aromatic carbocycles. The Morgan fingerprint density at radius 2 is 1.84 bits per heavy atom. The van der Waals surface area contributed by atoms with Crippen LogP contribution in [0.25, 0.3) is 0 Å². The van der Waals surface area contributed by atoms with E-state index in [0.717, 1.165) is 19.4 Å². The first kappa shape index (κ1) is 19.7. The van der Waals surface area contributed by atoms with Crippen LogP contribution in [-0.2, 0) is 19.1 Å². The number of carbonyl (C=O) groups is 2. The van der Waals surface area contributed by atoms with Crippen molar-refractivity contribution in [3.05, 3.63) is 24.3 Å². The van der Waals surface area contributed by atoms with Crippen LogP contribution in [-0.4, -0.2) is 50.3 Å². The van der Waals surface area contributed by atoms with Gasteiger partial charge in [-0.25, -0.2) is 0 Å². The molecule has 1 aromatic rings. The number of amides is 2. The summed E-state index contributed by atoms with van der Waals surface area (Å²) in [5.74, 6) is -0.179. The lowest BCUT2D eigenvalue weighted by Gasteiger charge is -2.23. The van der Waals surface area contributed by atoms with Crippen LogP contribution in [0, 0.1) is 0 Å². The van der Waals surface area contributed by atoms with Gasteiger partial charge in [0.05, 0.1) is 13.2 Å². The maximum absolute atomic E-state index is 12.0. The molecule has 138 valence electrons. The van der Waals surface area contributed by atoms with Crippen molar-refractivity contribution in [1.29, 1.82) is 0 Å². The Labute approximate surface area is 153 Å². The molecule has 3 rings (SSSR count). The van der Waals surface area contributed by atoms with Crippen LogP contribution in [0.2, 0.25) is 0 Å². The Bertz CT molecular complexity index is 570. The topological polar surface area (TPSA) is 88.7 Å². The molecule has 25 heavy (non-hydrogen) atoms. The van der Waals surface area contributed by atoms with E-state index in [1.807, 2.05) is 0 Å². The summed E-state index contributed by atoms with van der Waals surface area (Å²) in [4.78, 5) is 24.0. The summed E-state index contributed by atoms with van der Waals surface area (Å²) in [6.07, 6.45) is 1.70. The summed E-state index contributed by atoms with van der Waals surface area (Å²) in [5, 5.41) is 8.93. The van der Waals surface area contributed by atoms with Crippen LogP contribution in [0.4, 0.5) is 11.4 Å². The van der Waals surface area contributed by atoms with Crippen molar-refractivity contribution in [3.63, 3.8) is 0 Å². The van der Waals surface area contributed by atoms with Gasteiger partial charge in [0.1, 0.15) is 6.10 Å². The smallest absolute Gasteiger partial charge is 0.253 e. The molecule has 2 atom stereocenters. The molecule has 0 radical (unpaired) electrons. The van der Waals surface area contributed by atoms with Gasteiger partial charge in [-0.05, 0) is 37.1 Å². The SMILES string of the molecule is Cl.O=C(CC1COCCN1)Nc1ccc(NC(=O)C2CCCO2)cc1. The van der Waals surface area contributed by atoms with Gasteiger partial charge in [-0.3, -0.25) is 9.59 Å². The van der Waals surface area contributed by atoms with Gasteiger partial charge in [0.15, 0.2) is 0 Å². The monoisotopic (exact) mass is 369 g/mol. The molecule has 2 saturated heterocycles. The number of anilines is 2. The molecule has 0 aliphatic carbocycles. The zero-order valence-electron chi connectivity index (χ0n) is 14.0. The van der Waals surface area contributed by atoms with Gasteiger partial charge in [0, 0.05) is 37.0 Å². The van der Waals surface area contributed by atoms with Crippen molar-refractivity contribution in [2.45, 2.75) is 31.4 Å². The number of morpholine rings is 1. The number of nitrogens with one attached hydrogen (secondary N) is 3. The molecule has 3 N–H and O–H groups in total. The van der Waals surface area contributed by atoms with E-state index < -0.39 is 0 Å². The van der Waals surface area contributed by atoms with Gasteiger partial charge >= 0.3 is 0 Å². The first-order valence-corrected chi connectivity index (χ1v) is 8.34. The van der Waals surface area contributed by atoms with Crippen LogP contribution in [0.15, 0.2) is 24.3 Å². The Morgan fingerprint density at radius 3 is 2.44 bits per heavy atom. The lowest BCUT2D eigenvalue weighted by Crippen LogP contribution is -2.43. The summed E-state index contributed by atoms with van der Waals surface area (Å²) in [6, 6.07) is 7.14. The van der Waals surface area contributed by atoms with Crippen molar-refractivity contribution in [2.24, 2.45) is 0 Å². The third-order valence-corrected chi connectivity index (χ3v) is 4.09. The molecule has 0 bridgehead atoms. The first-order chi connectivity index (χ1) is 11.7. The van der Waals surface area contributed by atoms with Crippen LogP contribution in [0.3, 0.4) is 0 Å². The van der Waals surface area contributed by atoms with Crippen LogP contribution in [0.5, 0.6) is 0 Å². The molecular weight excluding hydrogens is 346 g/mol. The average molecular weight is 370 g/mol. The zero-order chi connectivity index (χ0) is 16.8. The Balaban J connectivity index is 0.00000225. The van der Waals surface area contributed by atoms with Gasteiger partial charge in [0.2, 0.25) is 5.91 Å². The highest BCUT2D eigenvalue weighted by Crippen LogP contribution is 2.17. The quantitative estimate of drug-likeness (QED) is 0.732. The lowest BCUT2D eigenvalue weighted by atomic mass is 10.2. The maximum Gasteiger partial charge on any atom is 0.253 e. The van der Waals surface area contributed by atoms with E-state index in [0.29, 0.717) is 37.6 Å². The number of hydrogen-bond acceptors (Lipinski definition) is 5. The molecule has 0 saturated carbocycles. The van der Waals surface area contributed by atoms with Crippen molar-refractivity contribution in [3.8, 4) is 0 Å². The summed E-state index contributed by atoms with van der Waals surface area (Å²) in [7, 11) is 0. The molecule has 0 spiro atoms. The summed E-state index contributed by atoms with van der Waals surface area (Å²) < 4.78 is 10.7. The fourth-order valence-corrected chi connectivity index (χ4v) is 2.83. The molecule has 2 amide bonds. The number of hydrogen-bond donors (Lipinski definition) is 3. The van der Waals surface area contributed by atoms with Crippen molar-refractivity contribution >= 4 is 35.6 Å². The molecule has 7 nitrogen and oxygen atoms in total. The minimum Gasteiger partial charge on any atom is -0.378 e. The number of benzene rings is 1. The average Bonchev–Trinajstić information content (AvgIpc) is 3.12. The molecule has 8 heteroatoms. The van der Waals surface area contributed by atoms with Gasteiger partial charge in [-0.1, -0.05) is 0 Å². The molecule has 2 fully saturated rings. The number of halogens is 1. The van der Waals surface area contributed by atoms with E-state index in [9.17, 15) is 9.59 Å². The fourth-order valence-electron chi connectivity index (χ4n) is 2.83. The minimum absolute atomic E-state index is 0. The Morgan fingerprint density at radius 1 is 1.12 bits per heavy atom. The molecule has 2 aliphatic heterocycles. The molecule has 0 aromatic heterocycles. The molecule has 2 unspecified atom stereocenters. The lowest BCUT2D eigenvalue weighted by molar-refractivity contribution is -0.124. The van der Waals surface area contributed by atoms with E-state index in [1.54, 1.807) is 24.3 Å². The molecular formula is C17H24ClN3O4. The van der Waals surface area contributed by atoms with Gasteiger partial charge < -0.3 is 25.4 Å². The highest BCUT2D eigenvalue weighted by atomic mass is 35.5. The molecule has 2 heterocycles. The Kier molecular flexibility index (Phi) is 7.64. The highest BCUT2D eigenvalue weighted by Gasteiger charge is 2.23.